The molecule has 5 heteroatoms. The van der Waals surface area contributed by atoms with Crippen molar-refractivity contribution in [1.82, 2.24) is 5.32 Å². The zero-order valence-corrected chi connectivity index (χ0v) is 12.6. The number of hydrogen-bond donors (Lipinski definition) is 2. The van der Waals surface area contributed by atoms with Gasteiger partial charge in [-0.15, -0.1) is 11.3 Å². The normalized spacial score (nSPS) is 13.1. The first-order chi connectivity index (χ1) is 7.09. The van der Waals surface area contributed by atoms with E-state index < -0.39 is 0 Å². The maximum Gasteiger partial charge on any atom is 0.0843 e. The van der Waals surface area contributed by atoms with Crippen molar-refractivity contribution in [2.45, 2.75) is 32.4 Å². The van der Waals surface area contributed by atoms with E-state index in [0.29, 0.717) is 0 Å². The maximum atomic E-state index is 9.07. The third kappa shape index (κ3) is 5.45. The van der Waals surface area contributed by atoms with E-state index in [0.717, 1.165) is 34.2 Å². The van der Waals surface area contributed by atoms with Crippen LogP contribution in [-0.4, -0.2) is 17.8 Å². The summed E-state index contributed by atoms with van der Waals surface area (Å²) in [7, 11) is 0. The topological polar surface area (TPSA) is 32.3 Å². The van der Waals surface area contributed by atoms with Crippen molar-refractivity contribution < 1.29 is 5.11 Å². The van der Waals surface area contributed by atoms with E-state index in [9.17, 15) is 0 Å². The summed E-state index contributed by atoms with van der Waals surface area (Å²) in [4.78, 5) is 1.31. The van der Waals surface area contributed by atoms with Gasteiger partial charge >= 0.3 is 0 Å². The smallest absolute Gasteiger partial charge is 0.0843 e. The van der Waals surface area contributed by atoms with Crippen molar-refractivity contribution >= 4 is 43.2 Å². The summed E-state index contributed by atoms with van der Waals surface area (Å²) in [5.41, 5.74) is 0. The lowest BCUT2D eigenvalue weighted by atomic mass is 10.2. The first kappa shape index (κ1) is 13.6. The highest BCUT2D eigenvalue weighted by molar-refractivity contribution is 9.13. The molecule has 0 amide bonds. The molecular formula is C10H15Br2NOS. The van der Waals surface area contributed by atoms with Gasteiger partial charge in [0.15, 0.2) is 0 Å². The Bertz CT molecular complexity index is 282. The minimum absolute atomic E-state index is 0.183. The molecule has 0 aromatic carbocycles. The lowest BCUT2D eigenvalue weighted by molar-refractivity contribution is 0.181. The Morgan fingerprint density at radius 2 is 2.27 bits per heavy atom. The summed E-state index contributed by atoms with van der Waals surface area (Å²) in [5, 5.41) is 12.4. The van der Waals surface area contributed by atoms with E-state index in [-0.39, 0.29) is 6.10 Å². The Morgan fingerprint density at radius 3 is 2.80 bits per heavy atom. The summed E-state index contributed by atoms with van der Waals surface area (Å²) in [6, 6.07) is 2.12. The fraction of sp³-hybridized carbons (Fsp3) is 0.600. The molecule has 0 aliphatic rings. The van der Waals surface area contributed by atoms with Crippen molar-refractivity contribution in [2.75, 3.05) is 6.54 Å². The van der Waals surface area contributed by atoms with E-state index in [2.05, 4.69) is 43.2 Å². The molecule has 1 aromatic heterocycles. The van der Waals surface area contributed by atoms with Crippen LogP contribution in [0.1, 0.15) is 24.6 Å². The van der Waals surface area contributed by atoms with Gasteiger partial charge in [-0.05, 0) is 64.2 Å². The van der Waals surface area contributed by atoms with Crippen LogP contribution in [0.25, 0.3) is 0 Å². The fourth-order valence-electron chi connectivity index (χ4n) is 1.21. The van der Waals surface area contributed by atoms with Crippen molar-refractivity contribution in [1.29, 1.82) is 0 Å². The molecule has 2 nitrogen and oxygen atoms in total. The highest BCUT2D eigenvalue weighted by Crippen LogP contribution is 2.32. The second kappa shape index (κ2) is 7.01. The standard InChI is InChI=1S/C10H15Br2NOS/c1-7(14)3-2-4-13-6-8-5-9(11)10(12)15-8/h5,7,13-14H,2-4,6H2,1H3. The number of thiophene rings is 1. The van der Waals surface area contributed by atoms with E-state index in [1.54, 1.807) is 11.3 Å². The Balaban J connectivity index is 2.15. The Kier molecular flexibility index (Phi) is 6.38. The number of rotatable bonds is 6. The largest absolute Gasteiger partial charge is 0.393 e. The second-order valence-corrected chi connectivity index (χ2v) is 6.81. The molecule has 1 rings (SSSR count). The lowest BCUT2D eigenvalue weighted by Gasteiger charge is -2.04. The van der Waals surface area contributed by atoms with E-state index in [1.807, 2.05) is 6.92 Å². The van der Waals surface area contributed by atoms with Gasteiger partial charge in [-0.1, -0.05) is 0 Å². The second-order valence-electron chi connectivity index (χ2n) is 3.50. The van der Waals surface area contributed by atoms with Crippen molar-refractivity contribution in [2.24, 2.45) is 0 Å². The molecule has 86 valence electrons. The molecule has 0 saturated carbocycles. The minimum atomic E-state index is -0.183. The Hall–Kier alpha value is 0.580. The highest BCUT2D eigenvalue weighted by atomic mass is 79.9. The average molecular weight is 357 g/mol. The fourth-order valence-corrected chi connectivity index (χ4v) is 3.36. The van der Waals surface area contributed by atoms with Crippen LogP contribution in [0.5, 0.6) is 0 Å². The van der Waals surface area contributed by atoms with Crippen LogP contribution < -0.4 is 5.32 Å². The molecule has 15 heavy (non-hydrogen) atoms. The third-order valence-corrected chi connectivity index (χ3v) is 5.23. The predicted octanol–water partition coefficient (Wildman–Crippen LogP) is 3.52. The first-order valence-corrected chi connectivity index (χ1v) is 7.32. The molecule has 1 aromatic rings. The Morgan fingerprint density at radius 1 is 1.53 bits per heavy atom. The quantitative estimate of drug-likeness (QED) is 0.764. The third-order valence-electron chi connectivity index (χ3n) is 1.97. The maximum absolute atomic E-state index is 9.07. The van der Waals surface area contributed by atoms with Crippen LogP contribution in [0.3, 0.4) is 0 Å². The molecule has 0 spiro atoms. The zero-order chi connectivity index (χ0) is 11.3. The van der Waals surface area contributed by atoms with Crippen LogP contribution in [0.15, 0.2) is 14.3 Å². The van der Waals surface area contributed by atoms with Gasteiger partial charge in [0, 0.05) is 15.9 Å². The monoisotopic (exact) mass is 355 g/mol. The van der Waals surface area contributed by atoms with Crippen LogP contribution in [0.4, 0.5) is 0 Å². The summed E-state index contributed by atoms with van der Waals surface area (Å²) in [6.45, 7) is 3.68. The zero-order valence-electron chi connectivity index (χ0n) is 8.59. The molecule has 0 saturated heterocycles. The van der Waals surface area contributed by atoms with Crippen LogP contribution in [0.2, 0.25) is 0 Å². The SMILES string of the molecule is CC(O)CCCNCc1cc(Br)c(Br)s1. The molecule has 1 unspecified atom stereocenters. The van der Waals surface area contributed by atoms with Gasteiger partial charge in [-0.25, -0.2) is 0 Å². The molecular weight excluding hydrogens is 342 g/mol. The van der Waals surface area contributed by atoms with E-state index in [1.165, 1.54) is 4.88 Å². The van der Waals surface area contributed by atoms with Crippen LogP contribution in [0, 0.1) is 0 Å². The van der Waals surface area contributed by atoms with Gasteiger partial charge in [-0.3, -0.25) is 0 Å². The lowest BCUT2D eigenvalue weighted by Crippen LogP contribution is -2.15. The number of hydrogen-bond acceptors (Lipinski definition) is 3. The van der Waals surface area contributed by atoms with Gasteiger partial charge in [-0.2, -0.15) is 0 Å². The summed E-state index contributed by atoms with van der Waals surface area (Å²) >= 11 is 8.67. The summed E-state index contributed by atoms with van der Waals surface area (Å²) in [6.07, 6.45) is 1.70. The van der Waals surface area contributed by atoms with Crippen LogP contribution in [-0.2, 0) is 6.54 Å². The minimum Gasteiger partial charge on any atom is -0.393 e. The number of aliphatic hydroxyl groups is 1. The van der Waals surface area contributed by atoms with Gasteiger partial charge in [0.1, 0.15) is 0 Å². The van der Waals surface area contributed by atoms with E-state index in [4.69, 9.17) is 5.11 Å². The van der Waals surface area contributed by atoms with E-state index >= 15 is 0 Å². The van der Waals surface area contributed by atoms with Gasteiger partial charge < -0.3 is 10.4 Å². The molecule has 1 atom stereocenters. The predicted molar refractivity (Wildman–Crippen MR) is 72.3 cm³/mol. The van der Waals surface area contributed by atoms with Crippen LogP contribution >= 0.6 is 43.2 Å². The highest BCUT2D eigenvalue weighted by Gasteiger charge is 2.03. The molecule has 0 radical (unpaired) electrons. The Labute approximate surface area is 111 Å². The average Bonchev–Trinajstić information content (AvgIpc) is 2.45. The van der Waals surface area contributed by atoms with Gasteiger partial charge in [0.25, 0.3) is 0 Å². The van der Waals surface area contributed by atoms with Gasteiger partial charge in [0.05, 0.1) is 9.89 Å². The summed E-state index contributed by atoms with van der Waals surface area (Å²) < 4.78 is 2.26. The van der Waals surface area contributed by atoms with Crippen molar-refractivity contribution in [3.63, 3.8) is 0 Å². The first-order valence-electron chi connectivity index (χ1n) is 4.92. The van der Waals surface area contributed by atoms with Gasteiger partial charge in [0.2, 0.25) is 0 Å². The van der Waals surface area contributed by atoms with Crippen molar-refractivity contribution in [3.8, 4) is 0 Å². The molecule has 2 N–H and O–H groups in total. The number of nitrogens with one attached hydrogen (secondary N) is 1. The molecule has 0 bridgehead atoms. The molecule has 0 aliphatic carbocycles. The number of halogens is 2. The molecule has 0 aliphatic heterocycles. The molecule has 1 heterocycles. The number of aliphatic hydroxyl groups excluding tert-OH is 1. The molecule has 0 fully saturated rings. The van der Waals surface area contributed by atoms with Crippen molar-refractivity contribution in [3.05, 3.63) is 19.2 Å². The summed E-state index contributed by atoms with van der Waals surface area (Å²) in [5.74, 6) is 0.